The minimum absolute atomic E-state index is 0.00808. The standard InChI is InChI=1S/C15H24O4/c1-12(14(16)17)7-8-13-11-18-15(19-13)9-5-3-2-4-6-10-15/h7,13H,2-6,8-11H2,1H3,(H,16,17). The molecule has 1 saturated heterocycles. The third-order valence-corrected chi connectivity index (χ3v) is 4.05. The molecule has 2 aliphatic rings. The molecule has 1 saturated carbocycles. The van der Waals surface area contributed by atoms with Gasteiger partial charge < -0.3 is 14.6 Å². The Morgan fingerprint density at radius 1 is 1.26 bits per heavy atom. The van der Waals surface area contributed by atoms with Crippen LogP contribution in [-0.2, 0) is 14.3 Å². The van der Waals surface area contributed by atoms with Crippen LogP contribution >= 0.6 is 0 Å². The summed E-state index contributed by atoms with van der Waals surface area (Å²) in [6, 6.07) is 0. The largest absolute Gasteiger partial charge is 0.478 e. The number of ether oxygens (including phenoxy) is 2. The first-order valence-corrected chi connectivity index (χ1v) is 7.33. The Bertz CT molecular complexity index is 340. The van der Waals surface area contributed by atoms with Crippen LogP contribution in [0.5, 0.6) is 0 Å². The molecule has 19 heavy (non-hydrogen) atoms. The molecule has 2 rings (SSSR count). The van der Waals surface area contributed by atoms with E-state index in [1.807, 2.05) is 0 Å². The lowest BCUT2D eigenvalue weighted by Crippen LogP contribution is -2.31. The summed E-state index contributed by atoms with van der Waals surface area (Å²) in [5.74, 6) is -1.24. The van der Waals surface area contributed by atoms with Gasteiger partial charge in [0, 0.05) is 18.4 Å². The smallest absolute Gasteiger partial charge is 0.330 e. The fourth-order valence-electron chi connectivity index (χ4n) is 2.83. The average molecular weight is 268 g/mol. The fourth-order valence-corrected chi connectivity index (χ4v) is 2.83. The maximum Gasteiger partial charge on any atom is 0.330 e. The summed E-state index contributed by atoms with van der Waals surface area (Å²) in [6.45, 7) is 2.20. The molecular weight excluding hydrogens is 244 g/mol. The van der Waals surface area contributed by atoms with Crippen molar-refractivity contribution in [3.8, 4) is 0 Å². The summed E-state index contributed by atoms with van der Waals surface area (Å²) < 4.78 is 12.0. The maximum atomic E-state index is 10.7. The SMILES string of the molecule is CC(=CCC1COC2(CCCCCCC2)O1)C(=O)O. The molecule has 4 nitrogen and oxygen atoms in total. The van der Waals surface area contributed by atoms with E-state index < -0.39 is 5.97 Å². The molecule has 1 unspecified atom stereocenters. The summed E-state index contributed by atoms with van der Waals surface area (Å²) in [5, 5.41) is 8.83. The highest BCUT2D eigenvalue weighted by atomic mass is 16.7. The van der Waals surface area contributed by atoms with Crippen molar-refractivity contribution in [2.75, 3.05) is 6.61 Å². The van der Waals surface area contributed by atoms with Gasteiger partial charge in [0.15, 0.2) is 5.79 Å². The van der Waals surface area contributed by atoms with Crippen molar-refractivity contribution < 1.29 is 19.4 Å². The molecule has 0 bridgehead atoms. The highest BCUT2D eigenvalue weighted by molar-refractivity contribution is 5.85. The number of rotatable bonds is 3. The molecule has 0 aromatic rings. The normalized spacial score (nSPS) is 28.1. The van der Waals surface area contributed by atoms with Crippen LogP contribution in [0.4, 0.5) is 0 Å². The molecule has 1 aliphatic carbocycles. The van der Waals surface area contributed by atoms with Crippen molar-refractivity contribution in [1.82, 2.24) is 0 Å². The minimum Gasteiger partial charge on any atom is -0.478 e. The summed E-state index contributed by atoms with van der Waals surface area (Å²) in [4.78, 5) is 10.7. The molecular formula is C15H24O4. The van der Waals surface area contributed by atoms with E-state index >= 15 is 0 Å². The van der Waals surface area contributed by atoms with Gasteiger partial charge in [-0.25, -0.2) is 4.79 Å². The monoisotopic (exact) mass is 268 g/mol. The van der Waals surface area contributed by atoms with Crippen LogP contribution in [0.15, 0.2) is 11.6 Å². The lowest BCUT2D eigenvalue weighted by Gasteiger charge is -2.29. The minimum atomic E-state index is -0.861. The van der Waals surface area contributed by atoms with Crippen LogP contribution in [0, 0.1) is 0 Å². The van der Waals surface area contributed by atoms with Crippen LogP contribution in [0.25, 0.3) is 0 Å². The van der Waals surface area contributed by atoms with Gasteiger partial charge in [-0.15, -0.1) is 0 Å². The van der Waals surface area contributed by atoms with Crippen molar-refractivity contribution in [3.05, 3.63) is 11.6 Å². The van der Waals surface area contributed by atoms with Crippen molar-refractivity contribution in [1.29, 1.82) is 0 Å². The Labute approximate surface area is 114 Å². The zero-order chi connectivity index (χ0) is 13.7. The third-order valence-electron chi connectivity index (χ3n) is 4.05. The van der Waals surface area contributed by atoms with Crippen molar-refractivity contribution >= 4 is 5.97 Å². The predicted molar refractivity (Wildman–Crippen MR) is 71.9 cm³/mol. The second-order valence-corrected chi connectivity index (χ2v) is 5.66. The Kier molecular flexibility index (Phi) is 4.99. The third kappa shape index (κ3) is 4.05. The average Bonchev–Trinajstić information content (AvgIpc) is 2.76. The van der Waals surface area contributed by atoms with Crippen molar-refractivity contribution in [3.63, 3.8) is 0 Å². The van der Waals surface area contributed by atoms with E-state index in [2.05, 4.69) is 0 Å². The van der Waals surface area contributed by atoms with Gasteiger partial charge in [0.1, 0.15) is 0 Å². The van der Waals surface area contributed by atoms with Gasteiger partial charge in [-0.2, -0.15) is 0 Å². The van der Waals surface area contributed by atoms with Gasteiger partial charge in [-0.05, 0) is 26.2 Å². The zero-order valence-electron chi connectivity index (χ0n) is 11.7. The van der Waals surface area contributed by atoms with Gasteiger partial charge in [-0.3, -0.25) is 0 Å². The molecule has 1 aliphatic heterocycles. The zero-order valence-corrected chi connectivity index (χ0v) is 11.7. The predicted octanol–water partition coefficient (Wildman–Crippen LogP) is 3.26. The number of carboxylic acid groups (broad SMARTS) is 1. The van der Waals surface area contributed by atoms with Crippen LogP contribution in [0.2, 0.25) is 0 Å². The van der Waals surface area contributed by atoms with Crippen molar-refractivity contribution in [2.45, 2.75) is 70.2 Å². The quantitative estimate of drug-likeness (QED) is 0.798. The lowest BCUT2D eigenvalue weighted by molar-refractivity contribution is -0.180. The number of hydrogen-bond acceptors (Lipinski definition) is 3. The van der Waals surface area contributed by atoms with E-state index in [1.54, 1.807) is 13.0 Å². The molecule has 1 N–H and O–H groups in total. The highest BCUT2D eigenvalue weighted by Gasteiger charge is 2.40. The highest BCUT2D eigenvalue weighted by Crippen LogP contribution is 2.36. The van der Waals surface area contributed by atoms with E-state index in [9.17, 15) is 4.79 Å². The van der Waals surface area contributed by atoms with Crippen LogP contribution in [0.3, 0.4) is 0 Å². The van der Waals surface area contributed by atoms with Crippen LogP contribution in [-0.4, -0.2) is 29.6 Å². The first kappa shape index (κ1) is 14.5. The summed E-state index contributed by atoms with van der Waals surface area (Å²) in [7, 11) is 0. The summed E-state index contributed by atoms with van der Waals surface area (Å²) >= 11 is 0. The number of carbonyl (C=O) groups is 1. The van der Waals surface area contributed by atoms with Gasteiger partial charge in [-0.1, -0.05) is 25.3 Å². The lowest BCUT2D eigenvalue weighted by atomic mass is 9.96. The topological polar surface area (TPSA) is 55.8 Å². The molecule has 0 aromatic heterocycles. The van der Waals surface area contributed by atoms with Gasteiger partial charge in [0.25, 0.3) is 0 Å². The van der Waals surface area contributed by atoms with Crippen molar-refractivity contribution in [2.24, 2.45) is 0 Å². The van der Waals surface area contributed by atoms with E-state index in [-0.39, 0.29) is 11.9 Å². The Balaban J connectivity index is 1.87. The molecule has 1 spiro atoms. The molecule has 1 heterocycles. The molecule has 0 amide bonds. The molecule has 0 aromatic carbocycles. The second kappa shape index (κ2) is 6.53. The molecule has 1 atom stereocenters. The number of hydrogen-bond donors (Lipinski definition) is 1. The molecule has 4 heteroatoms. The Morgan fingerprint density at radius 2 is 1.89 bits per heavy atom. The summed E-state index contributed by atoms with van der Waals surface area (Å²) in [6.07, 6.45) is 10.5. The van der Waals surface area contributed by atoms with Gasteiger partial charge >= 0.3 is 5.97 Å². The van der Waals surface area contributed by atoms with E-state index in [0.29, 0.717) is 18.6 Å². The molecule has 0 radical (unpaired) electrons. The first-order chi connectivity index (χ1) is 9.11. The molecule has 2 fully saturated rings. The van der Waals surface area contributed by atoms with E-state index in [1.165, 1.54) is 19.3 Å². The summed E-state index contributed by atoms with van der Waals surface area (Å²) in [5.41, 5.74) is 0.377. The fraction of sp³-hybridized carbons (Fsp3) is 0.800. The second-order valence-electron chi connectivity index (χ2n) is 5.66. The van der Waals surface area contributed by atoms with E-state index in [0.717, 1.165) is 25.7 Å². The Hall–Kier alpha value is -0.870. The first-order valence-electron chi connectivity index (χ1n) is 7.33. The number of aliphatic carboxylic acids is 1. The van der Waals surface area contributed by atoms with Crippen LogP contribution in [0.1, 0.15) is 58.3 Å². The van der Waals surface area contributed by atoms with Crippen LogP contribution < -0.4 is 0 Å². The number of carboxylic acids is 1. The molecule has 108 valence electrons. The van der Waals surface area contributed by atoms with E-state index in [4.69, 9.17) is 14.6 Å². The maximum absolute atomic E-state index is 10.7. The van der Waals surface area contributed by atoms with Gasteiger partial charge in [0.05, 0.1) is 12.7 Å². The Morgan fingerprint density at radius 3 is 2.53 bits per heavy atom. The van der Waals surface area contributed by atoms with Gasteiger partial charge in [0.2, 0.25) is 0 Å².